The zero-order valence-corrected chi connectivity index (χ0v) is 20.7. The van der Waals surface area contributed by atoms with Crippen molar-refractivity contribution in [2.45, 2.75) is 19.1 Å². The number of hydrogen-bond acceptors (Lipinski definition) is 6. The Hall–Kier alpha value is -4.19. The predicted molar refractivity (Wildman–Crippen MR) is 135 cm³/mol. The van der Waals surface area contributed by atoms with Gasteiger partial charge in [-0.1, -0.05) is 18.2 Å². The van der Waals surface area contributed by atoms with Crippen LogP contribution in [0.1, 0.15) is 22.3 Å². The van der Waals surface area contributed by atoms with Crippen LogP contribution in [0, 0.1) is 5.82 Å². The van der Waals surface area contributed by atoms with Crippen LogP contribution in [0.25, 0.3) is 0 Å². The predicted octanol–water partition coefficient (Wildman–Crippen LogP) is 4.77. The molecule has 0 fully saturated rings. The lowest BCUT2D eigenvalue weighted by molar-refractivity contribution is -0.192. The van der Waals surface area contributed by atoms with Crippen molar-refractivity contribution < 1.29 is 37.4 Å². The van der Waals surface area contributed by atoms with Crippen LogP contribution in [-0.4, -0.2) is 65.3 Å². The molecule has 3 rings (SSSR count). The van der Waals surface area contributed by atoms with Crippen LogP contribution < -0.4 is 10.2 Å². The fourth-order valence-corrected chi connectivity index (χ4v) is 3.28. The molecule has 0 saturated heterocycles. The number of carbonyl (C=O) groups excluding carboxylic acids is 1. The lowest BCUT2D eigenvalue weighted by Crippen LogP contribution is -2.26. The van der Waals surface area contributed by atoms with Crippen LogP contribution in [-0.2, 0) is 11.3 Å². The minimum absolute atomic E-state index is 0.265. The van der Waals surface area contributed by atoms with Crippen molar-refractivity contribution in [3.8, 4) is 5.75 Å². The molecule has 1 amide bonds. The number of aromatic hydroxyl groups is 1. The number of phenolic OH excluding ortho intramolecular Hbond substituents is 1. The number of carboxylic acid groups (broad SMARTS) is 1. The van der Waals surface area contributed by atoms with Gasteiger partial charge in [0.2, 0.25) is 0 Å². The SMILES string of the molecule is CN(CCCN(C)c1cc(NC(=O)c2cccc(F)c2)ccn1)Cc1cccc(O)c1.O=C(O)C(F)(F)F. The number of nitrogens with one attached hydrogen (secondary N) is 1. The largest absolute Gasteiger partial charge is 0.508 e. The number of carboxylic acids is 1. The zero-order valence-electron chi connectivity index (χ0n) is 20.7. The van der Waals surface area contributed by atoms with E-state index in [1.807, 2.05) is 31.1 Å². The van der Waals surface area contributed by atoms with Crippen molar-refractivity contribution in [1.82, 2.24) is 9.88 Å². The summed E-state index contributed by atoms with van der Waals surface area (Å²) in [5.41, 5.74) is 1.94. The van der Waals surface area contributed by atoms with Crippen molar-refractivity contribution in [3.05, 3.63) is 83.8 Å². The second-order valence-electron chi connectivity index (χ2n) is 8.35. The fraction of sp³-hybridized carbons (Fsp3) is 0.269. The number of carbonyl (C=O) groups is 2. The van der Waals surface area contributed by atoms with Gasteiger partial charge >= 0.3 is 12.1 Å². The average Bonchev–Trinajstić information content (AvgIpc) is 2.84. The van der Waals surface area contributed by atoms with E-state index in [0.717, 1.165) is 37.4 Å². The third-order valence-corrected chi connectivity index (χ3v) is 5.12. The highest BCUT2D eigenvalue weighted by Gasteiger charge is 2.38. The summed E-state index contributed by atoms with van der Waals surface area (Å²) >= 11 is 0. The van der Waals surface area contributed by atoms with Crippen LogP contribution in [0.15, 0.2) is 66.9 Å². The van der Waals surface area contributed by atoms with Gasteiger partial charge in [0, 0.05) is 43.7 Å². The molecule has 0 spiro atoms. The Bertz CT molecular complexity index is 1220. The van der Waals surface area contributed by atoms with Crippen molar-refractivity contribution in [1.29, 1.82) is 0 Å². The first kappa shape index (κ1) is 30.0. The van der Waals surface area contributed by atoms with E-state index in [9.17, 15) is 27.5 Å². The molecule has 1 aromatic heterocycles. The van der Waals surface area contributed by atoms with Crippen molar-refractivity contribution in [2.75, 3.05) is 37.4 Å². The first-order valence-electron chi connectivity index (χ1n) is 11.4. The third kappa shape index (κ3) is 10.4. The van der Waals surface area contributed by atoms with E-state index in [2.05, 4.69) is 15.2 Å². The average molecular weight is 537 g/mol. The number of hydrogen-bond donors (Lipinski definition) is 3. The summed E-state index contributed by atoms with van der Waals surface area (Å²) < 4.78 is 45.1. The topological polar surface area (TPSA) is 106 Å². The molecular weight excluding hydrogens is 508 g/mol. The maximum absolute atomic E-state index is 13.3. The molecule has 0 aliphatic carbocycles. The van der Waals surface area contributed by atoms with Gasteiger partial charge in [0.25, 0.3) is 5.91 Å². The Morgan fingerprint density at radius 1 is 1.00 bits per heavy atom. The number of rotatable bonds is 9. The van der Waals surface area contributed by atoms with Gasteiger partial charge in [0.15, 0.2) is 0 Å². The zero-order chi connectivity index (χ0) is 28.3. The van der Waals surface area contributed by atoms with E-state index in [-0.39, 0.29) is 17.2 Å². The minimum atomic E-state index is -5.08. The summed E-state index contributed by atoms with van der Waals surface area (Å²) in [7, 11) is 4.00. The van der Waals surface area contributed by atoms with Gasteiger partial charge in [-0.3, -0.25) is 4.79 Å². The van der Waals surface area contributed by atoms with Crippen LogP contribution in [0.5, 0.6) is 5.75 Å². The minimum Gasteiger partial charge on any atom is -0.508 e. The van der Waals surface area contributed by atoms with Gasteiger partial charge in [0.1, 0.15) is 17.4 Å². The highest BCUT2D eigenvalue weighted by Crippen LogP contribution is 2.17. The van der Waals surface area contributed by atoms with Gasteiger partial charge < -0.3 is 25.3 Å². The second kappa shape index (κ2) is 13.9. The lowest BCUT2D eigenvalue weighted by Gasteiger charge is -2.21. The molecule has 0 atom stereocenters. The Morgan fingerprint density at radius 3 is 2.32 bits per heavy atom. The molecule has 2 aromatic carbocycles. The maximum Gasteiger partial charge on any atom is 0.490 e. The Balaban J connectivity index is 0.000000638. The highest BCUT2D eigenvalue weighted by molar-refractivity contribution is 6.04. The van der Waals surface area contributed by atoms with Gasteiger partial charge in [0.05, 0.1) is 0 Å². The molecule has 0 saturated carbocycles. The number of alkyl halides is 3. The molecule has 38 heavy (non-hydrogen) atoms. The number of aromatic nitrogens is 1. The molecule has 1 heterocycles. The molecule has 0 aliphatic rings. The molecular formula is C26H28F4N4O4. The van der Waals surface area contributed by atoms with Crippen LogP contribution in [0.2, 0.25) is 0 Å². The van der Waals surface area contributed by atoms with Crippen molar-refractivity contribution >= 4 is 23.4 Å². The Labute approximate surface area is 217 Å². The number of aliphatic carboxylic acids is 1. The molecule has 0 radical (unpaired) electrons. The van der Waals surface area contributed by atoms with E-state index in [4.69, 9.17) is 9.90 Å². The molecule has 0 aliphatic heterocycles. The summed E-state index contributed by atoms with van der Waals surface area (Å²) in [6.45, 7) is 2.44. The van der Waals surface area contributed by atoms with Crippen LogP contribution in [0.4, 0.5) is 29.1 Å². The molecule has 3 aromatic rings. The van der Waals surface area contributed by atoms with E-state index in [1.165, 1.54) is 18.2 Å². The molecule has 0 bridgehead atoms. The molecule has 0 unspecified atom stereocenters. The summed E-state index contributed by atoms with van der Waals surface area (Å²) in [6.07, 6.45) is -2.52. The summed E-state index contributed by atoms with van der Waals surface area (Å²) in [5, 5.41) is 19.5. The second-order valence-corrected chi connectivity index (χ2v) is 8.35. The van der Waals surface area contributed by atoms with E-state index < -0.39 is 18.0 Å². The van der Waals surface area contributed by atoms with Crippen molar-refractivity contribution in [2.24, 2.45) is 0 Å². The van der Waals surface area contributed by atoms with E-state index in [0.29, 0.717) is 5.69 Å². The number of amides is 1. The Kier molecular flexibility index (Phi) is 11.0. The smallest absolute Gasteiger partial charge is 0.490 e. The highest BCUT2D eigenvalue weighted by atomic mass is 19.4. The summed E-state index contributed by atoms with van der Waals surface area (Å²) in [6, 6.07) is 16.4. The van der Waals surface area contributed by atoms with Gasteiger partial charge in [-0.05, 0) is 62.0 Å². The molecule has 8 nitrogen and oxygen atoms in total. The summed E-state index contributed by atoms with van der Waals surface area (Å²) in [5.74, 6) is -2.55. The van der Waals surface area contributed by atoms with Gasteiger partial charge in [-0.15, -0.1) is 0 Å². The van der Waals surface area contributed by atoms with E-state index in [1.54, 1.807) is 36.5 Å². The fourth-order valence-electron chi connectivity index (χ4n) is 3.28. The standard InChI is InChI=1S/C24H27FN4O2.C2HF3O2/c1-28(17-18-6-3-9-22(30)14-18)12-5-13-29(2)23-16-21(10-11-26-23)27-24(31)19-7-4-8-20(25)15-19;3-2(4,5)1(6)7/h3-4,6-11,14-16,30H,5,12-13,17H2,1-2H3,(H,26,27,31);(H,6,7). The number of anilines is 2. The van der Waals surface area contributed by atoms with Crippen molar-refractivity contribution in [3.63, 3.8) is 0 Å². The molecule has 3 N–H and O–H groups in total. The number of halogens is 4. The quantitative estimate of drug-likeness (QED) is 0.338. The number of benzene rings is 2. The molecule has 204 valence electrons. The normalized spacial score (nSPS) is 10.9. The monoisotopic (exact) mass is 536 g/mol. The van der Waals surface area contributed by atoms with Crippen LogP contribution in [0.3, 0.4) is 0 Å². The molecule has 12 heteroatoms. The first-order chi connectivity index (χ1) is 17.8. The number of phenols is 1. The number of pyridine rings is 1. The van der Waals surface area contributed by atoms with Gasteiger partial charge in [-0.2, -0.15) is 13.2 Å². The number of nitrogens with zero attached hydrogens (tertiary/aromatic N) is 3. The maximum atomic E-state index is 13.3. The van der Waals surface area contributed by atoms with Gasteiger partial charge in [-0.25, -0.2) is 14.2 Å². The third-order valence-electron chi connectivity index (χ3n) is 5.12. The van der Waals surface area contributed by atoms with Crippen LogP contribution >= 0.6 is 0 Å². The summed E-state index contributed by atoms with van der Waals surface area (Å²) in [4.78, 5) is 29.8. The lowest BCUT2D eigenvalue weighted by atomic mass is 10.2. The Morgan fingerprint density at radius 2 is 1.68 bits per heavy atom. The first-order valence-corrected chi connectivity index (χ1v) is 11.4. The van der Waals surface area contributed by atoms with E-state index >= 15 is 0 Å².